The van der Waals surface area contributed by atoms with E-state index in [1.165, 1.54) is 0 Å². The summed E-state index contributed by atoms with van der Waals surface area (Å²) < 4.78 is 0. The molecular formula is C17H27NO2. The third kappa shape index (κ3) is 3.60. The molecule has 1 saturated carbocycles. The Morgan fingerprint density at radius 1 is 1.25 bits per heavy atom. The Balaban J connectivity index is 1.99. The summed E-state index contributed by atoms with van der Waals surface area (Å²) in [5.74, 6) is 0.742. The summed E-state index contributed by atoms with van der Waals surface area (Å²) in [4.78, 5) is 0. The third-order valence-electron chi connectivity index (χ3n) is 4.74. The highest BCUT2D eigenvalue weighted by atomic mass is 16.3. The lowest BCUT2D eigenvalue weighted by Crippen LogP contribution is -2.54. The third-order valence-corrected chi connectivity index (χ3v) is 4.74. The fourth-order valence-electron chi connectivity index (χ4n) is 2.96. The second-order valence-electron chi connectivity index (χ2n) is 6.61. The van der Waals surface area contributed by atoms with Gasteiger partial charge in [-0.05, 0) is 44.1 Å². The van der Waals surface area contributed by atoms with Crippen LogP contribution in [0.3, 0.4) is 0 Å². The summed E-state index contributed by atoms with van der Waals surface area (Å²) in [7, 11) is 0. The number of β-amino-alcohol motifs (C(OH)–C–C–N with tert-alkyl or cyclic N) is 1. The fourth-order valence-corrected chi connectivity index (χ4v) is 2.96. The van der Waals surface area contributed by atoms with Gasteiger partial charge in [-0.15, -0.1) is 0 Å². The predicted molar refractivity (Wildman–Crippen MR) is 81.5 cm³/mol. The number of aliphatic hydroxyl groups is 2. The smallest absolute Gasteiger partial charge is 0.0992 e. The van der Waals surface area contributed by atoms with Gasteiger partial charge in [0.25, 0.3) is 0 Å². The number of nitrogens with one attached hydrogen (secondary N) is 1. The van der Waals surface area contributed by atoms with Crippen LogP contribution in [0.25, 0.3) is 0 Å². The van der Waals surface area contributed by atoms with E-state index in [4.69, 9.17) is 0 Å². The van der Waals surface area contributed by atoms with Crippen LogP contribution < -0.4 is 5.32 Å². The molecule has 1 aliphatic carbocycles. The highest BCUT2D eigenvalue weighted by Crippen LogP contribution is 2.32. The van der Waals surface area contributed by atoms with Crippen LogP contribution in [0.15, 0.2) is 30.3 Å². The fraction of sp³-hybridized carbons (Fsp3) is 0.647. The van der Waals surface area contributed by atoms with Gasteiger partial charge >= 0.3 is 0 Å². The van der Waals surface area contributed by atoms with Gasteiger partial charge in [0, 0.05) is 12.1 Å². The van der Waals surface area contributed by atoms with Crippen molar-refractivity contribution in [3.05, 3.63) is 35.9 Å². The van der Waals surface area contributed by atoms with Crippen molar-refractivity contribution in [2.75, 3.05) is 13.2 Å². The van der Waals surface area contributed by atoms with Gasteiger partial charge in [0.2, 0.25) is 0 Å². The second kappa shape index (κ2) is 6.25. The maximum Gasteiger partial charge on any atom is 0.0992 e. The molecule has 0 aromatic heterocycles. The van der Waals surface area contributed by atoms with Crippen molar-refractivity contribution >= 4 is 0 Å². The zero-order valence-electron chi connectivity index (χ0n) is 12.6. The molecule has 1 aromatic rings. The molecule has 3 nitrogen and oxygen atoms in total. The molecule has 20 heavy (non-hydrogen) atoms. The van der Waals surface area contributed by atoms with Crippen molar-refractivity contribution in [3.63, 3.8) is 0 Å². The van der Waals surface area contributed by atoms with Crippen molar-refractivity contribution in [1.29, 1.82) is 0 Å². The lowest BCUT2D eigenvalue weighted by atomic mass is 9.77. The quantitative estimate of drug-likeness (QED) is 0.775. The SMILES string of the molecule is CC1CCC(CO)(NCC(C)(O)c2ccccc2)CC1. The van der Waals surface area contributed by atoms with Gasteiger partial charge in [-0.25, -0.2) is 0 Å². The molecule has 1 atom stereocenters. The molecule has 0 heterocycles. The Labute approximate surface area is 122 Å². The molecule has 0 aliphatic heterocycles. The molecule has 112 valence electrons. The average molecular weight is 277 g/mol. The molecule has 0 radical (unpaired) electrons. The average Bonchev–Trinajstić information content (AvgIpc) is 2.48. The Morgan fingerprint density at radius 2 is 1.85 bits per heavy atom. The highest BCUT2D eigenvalue weighted by molar-refractivity contribution is 5.22. The van der Waals surface area contributed by atoms with Crippen molar-refractivity contribution in [2.45, 2.75) is 50.7 Å². The van der Waals surface area contributed by atoms with Gasteiger partial charge in [-0.2, -0.15) is 0 Å². The van der Waals surface area contributed by atoms with Gasteiger partial charge < -0.3 is 15.5 Å². The molecule has 1 aromatic carbocycles. The van der Waals surface area contributed by atoms with Crippen LogP contribution in [-0.2, 0) is 5.60 Å². The summed E-state index contributed by atoms with van der Waals surface area (Å²) >= 11 is 0. The Bertz CT molecular complexity index is 408. The van der Waals surface area contributed by atoms with Gasteiger partial charge in [-0.1, -0.05) is 37.3 Å². The molecule has 0 spiro atoms. The lowest BCUT2D eigenvalue weighted by Gasteiger charge is -2.41. The molecule has 0 saturated heterocycles. The maximum absolute atomic E-state index is 10.6. The summed E-state index contributed by atoms with van der Waals surface area (Å²) in [5, 5.41) is 23.8. The molecule has 3 N–H and O–H groups in total. The van der Waals surface area contributed by atoms with E-state index in [0.717, 1.165) is 37.2 Å². The predicted octanol–water partition coefficient (Wildman–Crippen LogP) is 2.42. The highest BCUT2D eigenvalue weighted by Gasteiger charge is 2.35. The molecule has 1 fully saturated rings. The molecule has 0 bridgehead atoms. The first-order chi connectivity index (χ1) is 9.47. The summed E-state index contributed by atoms with van der Waals surface area (Å²) in [6.45, 7) is 4.70. The van der Waals surface area contributed by atoms with Crippen LogP contribution >= 0.6 is 0 Å². The van der Waals surface area contributed by atoms with E-state index in [-0.39, 0.29) is 12.1 Å². The van der Waals surface area contributed by atoms with Crippen LogP contribution in [-0.4, -0.2) is 28.9 Å². The van der Waals surface area contributed by atoms with Crippen LogP contribution in [0, 0.1) is 5.92 Å². The zero-order valence-corrected chi connectivity index (χ0v) is 12.6. The minimum atomic E-state index is -0.910. The van der Waals surface area contributed by atoms with E-state index >= 15 is 0 Å². The lowest BCUT2D eigenvalue weighted by molar-refractivity contribution is 0.0279. The summed E-state index contributed by atoms with van der Waals surface area (Å²) in [6, 6.07) is 9.71. The van der Waals surface area contributed by atoms with Gasteiger partial charge in [-0.3, -0.25) is 0 Å². The van der Waals surface area contributed by atoms with E-state index in [0.29, 0.717) is 6.54 Å². The van der Waals surface area contributed by atoms with Crippen molar-refractivity contribution < 1.29 is 10.2 Å². The van der Waals surface area contributed by atoms with Gasteiger partial charge in [0.1, 0.15) is 0 Å². The molecule has 1 aliphatic rings. The number of hydrogen-bond acceptors (Lipinski definition) is 3. The normalized spacial score (nSPS) is 29.9. The van der Waals surface area contributed by atoms with Crippen molar-refractivity contribution in [3.8, 4) is 0 Å². The van der Waals surface area contributed by atoms with E-state index in [2.05, 4.69) is 12.2 Å². The van der Waals surface area contributed by atoms with Crippen molar-refractivity contribution in [1.82, 2.24) is 5.32 Å². The van der Waals surface area contributed by atoms with Crippen LogP contribution in [0.4, 0.5) is 0 Å². The first kappa shape index (κ1) is 15.5. The maximum atomic E-state index is 10.6. The van der Waals surface area contributed by atoms with E-state index in [1.54, 1.807) is 0 Å². The minimum Gasteiger partial charge on any atom is -0.394 e. The second-order valence-corrected chi connectivity index (χ2v) is 6.61. The number of rotatable bonds is 5. The van der Waals surface area contributed by atoms with Crippen LogP contribution in [0.1, 0.15) is 45.1 Å². The summed E-state index contributed by atoms with van der Waals surface area (Å²) in [6.07, 6.45) is 4.24. The van der Waals surface area contributed by atoms with Gasteiger partial charge in [0.05, 0.1) is 12.2 Å². The number of hydrogen-bond donors (Lipinski definition) is 3. The van der Waals surface area contributed by atoms with E-state index < -0.39 is 5.60 Å². The van der Waals surface area contributed by atoms with Crippen molar-refractivity contribution in [2.24, 2.45) is 5.92 Å². The first-order valence-electron chi connectivity index (χ1n) is 7.61. The summed E-state index contributed by atoms with van der Waals surface area (Å²) in [5.41, 5.74) is -0.220. The number of aliphatic hydroxyl groups excluding tert-OH is 1. The Morgan fingerprint density at radius 3 is 2.40 bits per heavy atom. The largest absolute Gasteiger partial charge is 0.394 e. The monoisotopic (exact) mass is 277 g/mol. The minimum absolute atomic E-state index is 0.143. The molecule has 1 unspecified atom stereocenters. The zero-order chi connectivity index (χ0) is 14.6. The Hall–Kier alpha value is -0.900. The molecule has 0 amide bonds. The van der Waals surface area contributed by atoms with E-state index in [9.17, 15) is 10.2 Å². The van der Waals surface area contributed by atoms with Crippen LogP contribution in [0.2, 0.25) is 0 Å². The van der Waals surface area contributed by atoms with Gasteiger partial charge in [0.15, 0.2) is 0 Å². The first-order valence-corrected chi connectivity index (χ1v) is 7.61. The number of benzene rings is 1. The molecular weight excluding hydrogens is 250 g/mol. The van der Waals surface area contributed by atoms with Crippen LogP contribution in [0.5, 0.6) is 0 Å². The Kier molecular flexibility index (Phi) is 4.84. The van der Waals surface area contributed by atoms with E-state index in [1.807, 2.05) is 37.3 Å². The molecule has 3 heteroatoms. The molecule has 2 rings (SSSR count). The standard InChI is InChI=1S/C17H27NO2/c1-14-8-10-17(13-19,11-9-14)18-12-16(2,20)15-6-4-3-5-7-15/h3-7,14,18-20H,8-13H2,1-2H3. The topological polar surface area (TPSA) is 52.5 Å².